The van der Waals surface area contributed by atoms with E-state index in [1.807, 2.05) is 48.2 Å². The molecule has 4 aromatic rings. The highest BCUT2D eigenvalue weighted by Gasteiger charge is 2.29. The molecule has 35 heavy (non-hydrogen) atoms. The van der Waals surface area contributed by atoms with Crippen molar-refractivity contribution >= 4 is 28.3 Å². The van der Waals surface area contributed by atoms with Crippen LogP contribution in [-0.4, -0.2) is 48.8 Å². The third-order valence-corrected chi connectivity index (χ3v) is 6.70. The molecule has 3 heterocycles. The monoisotopic (exact) mass is 468 g/mol. The van der Waals surface area contributed by atoms with Gasteiger partial charge < -0.3 is 24.3 Å². The van der Waals surface area contributed by atoms with Gasteiger partial charge in [-0.3, -0.25) is 4.79 Å². The summed E-state index contributed by atoms with van der Waals surface area (Å²) in [6.45, 7) is 6.46. The first-order valence-electron chi connectivity index (χ1n) is 12.2. The van der Waals surface area contributed by atoms with Gasteiger partial charge in [-0.05, 0) is 66.6 Å². The summed E-state index contributed by atoms with van der Waals surface area (Å²) in [5, 5.41) is 0. The molecule has 7 nitrogen and oxygen atoms in total. The van der Waals surface area contributed by atoms with Gasteiger partial charge in [-0.1, -0.05) is 12.1 Å². The predicted octanol–water partition coefficient (Wildman–Crippen LogP) is 4.55. The van der Waals surface area contributed by atoms with E-state index in [0.29, 0.717) is 19.6 Å². The molecule has 1 aromatic heterocycles. The largest absolute Gasteiger partial charge is 0.494 e. The van der Waals surface area contributed by atoms with E-state index < -0.39 is 0 Å². The lowest BCUT2D eigenvalue weighted by molar-refractivity contribution is 0.0996. The fourth-order valence-electron chi connectivity index (χ4n) is 4.90. The third-order valence-electron chi connectivity index (χ3n) is 6.70. The van der Waals surface area contributed by atoms with Crippen LogP contribution in [0.15, 0.2) is 60.7 Å². The maximum atomic E-state index is 13.2. The Labute approximate surface area is 204 Å². The van der Waals surface area contributed by atoms with E-state index in [4.69, 9.17) is 14.5 Å². The minimum absolute atomic E-state index is 0.0435. The highest BCUT2D eigenvalue weighted by Crippen LogP contribution is 2.32. The minimum Gasteiger partial charge on any atom is -0.494 e. The van der Waals surface area contributed by atoms with Crippen LogP contribution in [-0.2, 0) is 17.7 Å². The molecule has 0 saturated carbocycles. The van der Waals surface area contributed by atoms with Crippen molar-refractivity contribution in [3.05, 3.63) is 83.2 Å². The lowest BCUT2D eigenvalue weighted by Crippen LogP contribution is -2.36. The van der Waals surface area contributed by atoms with E-state index in [0.717, 1.165) is 77.0 Å². The van der Waals surface area contributed by atoms with E-state index in [-0.39, 0.29) is 5.91 Å². The molecule has 178 valence electrons. The lowest BCUT2D eigenvalue weighted by Gasteiger charge is -2.29. The molecule has 0 spiro atoms. The summed E-state index contributed by atoms with van der Waals surface area (Å²) in [6.07, 6.45) is 0.703. The van der Waals surface area contributed by atoms with E-state index in [1.165, 1.54) is 0 Å². The standard InChI is InChI=1S/C28H28N4O3/c1-2-35-23-7-3-19(4-8-23)15-27-29-25-10-6-22(17-26(25)30-27)32-18-20-16-21(5-9-24(20)28(32)33)31-11-13-34-14-12-31/h3-10,16-17H,2,11-15,18H2,1H3,(H,29,30). The number of anilines is 2. The van der Waals surface area contributed by atoms with Crippen molar-refractivity contribution < 1.29 is 14.3 Å². The molecule has 1 amide bonds. The fourth-order valence-corrected chi connectivity index (χ4v) is 4.90. The average molecular weight is 469 g/mol. The second-order valence-corrected chi connectivity index (χ2v) is 8.97. The van der Waals surface area contributed by atoms with Crippen LogP contribution in [0.25, 0.3) is 11.0 Å². The Morgan fingerprint density at radius 3 is 2.60 bits per heavy atom. The number of carbonyl (C=O) groups excluding carboxylic acids is 1. The molecule has 0 radical (unpaired) electrons. The van der Waals surface area contributed by atoms with Crippen molar-refractivity contribution in [3.63, 3.8) is 0 Å². The topological polar surface area (TPSA) is 70.7 Å². The maximum Gasteiger partial charge on any atom is 0.258 e. The van der Waals surface area contributed by atoms with Crippen LogP contribution in [0.4, 0.5) is 11.4 Å². The van der Waals surface area contributed by atoms with Crippen LogP contribution >= 0.6 is 0 Å². The molecule has 1 saturated heterocycles. The van der Waals surface area contributed by atoms with E-state index in [9.17, 15) is 4.79 Å². The number of aromatic amines is 1. The fraction of sp³-hybridized carbons (Fsp3) is 0.286. The zero-order valence-corrected chi connectivity index (χ0v) is 19.8. The molecule has 0 atom stereocenters. The number of benzene rings is 3. The number of carbonyl (C=O) groups is 1. The summed E-state index contributed by atoms with van der Waals surface area (Å²) < 4.78 is 11.0. The van der Waals surface area contributed by atoms with Crippen LogP contribution in [0, 0.1) is 0 Å². The van der Waals surface area contributed by atoms with Crippen LogP contribution in [0.1, 0.15) is 34.2 Å². The molecule has 6 rings (SSSR count). The molecule has 3 aromatic carbocycles. The van der Waals surface area contributed by atoms with Crippen molar-refractivity contribution in [2.24, 2.45) is 0 Å². The van der Waals surface area contributed by atoms with E-state index in [2.05, 4.69) is 34.1 Å². The molecule has 1 fully saturated rings. The Morgan fingerprint density at radius 2 is 1.80 bits per heavy atom. The molecule has 7 heteroatoms. The number of H-pyrrole nitrogens is 1. The van der Waals surface area contributed by atoms with Crippen LogP contribution in [0.2, 0.25) is 0 Å². The Bertz CT molecular complexity index is 1370. The number of amides is 1. The van der Waals surface area contributed by atoms with Crippen molar-refractivity contribution in [2.75, 3.05) is 42.7 Å². The first-order chi connectivity index (χ1) is 17.2. The highest BCUT2D eigenvalue weighted by molar-refractivity contribution is 6.10. The van der Waals surface area contributed by atoms with Crippen LogP contribution in [0.5, 0.6) is 5.75 Å². The number of hydrogen-bond donors (Lipinski definition) is 1. The molecular formula is C28H28N4O3. The maximum absolute atomic E-state index is 13.2. The predicted molar refractivity (Wildman–Crippen MR) is 136 cm³/mol. The highest BCUT2D eigenvalue weighted by atomic mass is 16.5. The number of aromatic nitrogens is 2. The molecule has 0 unspecified atom stereocenters. The number of nitrogens with one attached hydrogen (secondary N) is 1. The molecule has 0 aliphatic carbocycles. The molecule has 2 aliphatic heterocycles. The Balaban J connectivity index is 1.21. The van der Waals surface area contributed by atoms with Gasteiger partial charge in [0.2, 0.25) is 0 Å². The second-order valence-electron chi connectivity index (χ2n) is 8.97. The van der Waals surface area contributed by atoms with Crippen molar-refractivity contribution in [3.8, 4) is 5.75 Å². The number of ether oxygens (including phenoxy) is 2. The number of rotatable bonds is 6. The summed E-state index contributed by atoms with van der Waals surface area (Å²) in [5.74, 6) is 1.81. The number of imidazole rings is 1. The normalized spacial score (nSPS) is 15.6. The van der Waals surface area contributed by atoms with Crippen LogP contribution in [0.3, 0.4) is 0 Å². The summed E-state index contributed by atoms with van der Waals surface area (Å²) in [7, 11) is 0. The van der Waals surface area contributed by atoms with Gasteiger partial charge in [0.1, 0.15) is 11.6 Å². The van der Waals surface area contributed by atoms with Gasteiger partial charge in [-0.15, -0.1) is 0 Å². The number of fused-ring (bicyclic) bond motifs is 2. The zero-order chi connectivity index (χ0) is 23.8. The van der Waals surface area contributed by atoms with Crippen molar-refractivity contribution in [1.29, 1.82) is 0 Å². The van der Waals surface area contributed by atoms with Crippen molar-refractivity contribution in [1.82, 2.24) is 9.97 Å². The first kappa shape index (κ1) is 21.7. The molecule has 1 N–H and O–H groups in total. The molecule has 0 bridgehead atoms. The smallest absolute Gasteiger partial charge is 0.258 e. The average Bonchev–Trinajstić information content (AvgIpc) is 3.45. The van der Waals surface area contributed by atoms with Gasteiger partial charge in [0.05, 0.1) is 37.4 Å². The SMILES string of the molecule is CCOc1ccc(Cc2nc3ccc(N4Cc5cc(N6CCOCC6)ccc5C4=O)cc3[nH]2)cc1. The van der Waals surface area contributed by atoms with Gasteiger partial charge in [0.25, 0.3) is 5.91 Å². The summed E-state index contributed by atoms with van der Waals surface area (Å²) in [6, 6.07) is 20.3. The quantitative estimate of drug-likeness (QED) is 0.450. The Morgan fingerprint density at radius 1 is 1.00 bits per heavy atom. The first-order valence-corrected chi connectivity index (χ1v) is 12.2. The zero-order valence-electron chi connectivity index (χ0n) is 19.8. The number of hydrogen-bond acceptors (Lipinski definition) is 5. The van der Waals surface area contributed by atoms with E-state index >= 15 is 0 Å². The lowest BCUT2D eigenvalue weighted by atomic mass is 10.1. The molecular weight excluding hydrogens is 440 g/mol. The summed E-state index contributed by atoms with van der Waals surface area (Å²) in [4.78, 5) is 25.6. The number of nitrogens with zero attached hydrogens (tertiary/aromatic N) is 3. The third kappa shape index (κ3) is 4.23. The van der Waals surface area contributed by atoms with Gasteiger partial charge in [-0.25, -0.2) is 4.98 Å². The summed E-state index contributed by atoms with van der Waals surface area (Å²) in [5.41, 5.74) is 6.87. The van der Waals surface area contributed by atoms with Gasteiger partial charge in [-0.2, -0.15) is 0 Å². The van der Waals surface area contributed by atoms with Crippen LogP contribution < -0.4 is 14.5 Å². The van der Waals surface area contributed by atoms with E-state index in [1.54, 1.807) is 0 Å². The Hall–Kier alpha value is -3.84. The van der Waals surface area contributed by atoms with Gasteiger partial charge >= 0.3 is 0 Å². The van der Waals surface area contributed by atoms with Gasteiger partial charge in [0, 0.05) is 36.4 Å². The minimum atomic E-state index is 0.0435. The number of morpholine rings is 1. The molecule has 2 aliphatic rings. The summed E-state index contributed by atoms with van der Waals surface area (Å²) >= 11 is 0. The van der Waals surface area contributed by atoms with Gasteiger partial charge in [0.15, 0.2) is 0 Å². The second kappa shape index (κ2) is 9.07. The Kier molecular flexibility index (Phi) is 5.62. The van der Waals surface area contributed by atoms with Crippen molar-refractivity contribution in [2.45, 2.75) is 19.9 Å².